The predicted molar refractivity (Wildman–Crippen MR) is 45.7 cm³/mol. The fraction of sp³-hybridized carbons (Fsp3) is 0.250. The van der Waals surface area contributed by atoms with Crippen molar-refractivity contribution in [2.45, 2.75) is 13.8 Å². The Kier molecular flexibility index (Phi) is 9.45. The van der Waals surface area contributed by atoms with Gasteiger partial charge in [0.25, 0.3) is 0 Å². The monoisotopic (exact) mass is 144 g/mol. The third kappa shape index (κ3) is 7.51. The molecular weight excluding hydrogens is 132 g/mol. The van der Waals surface area contributed by atoms with Gasteiger partial charge in [-0.1, -0.05) is 24.3 Å². The fourth-order valence-corrected chi connectivity index (χ4v) is 0.266. The van der Waals surface area contributed by atoms with Crippen molar-refractivity contribution in [2.75, 3.05) is 0 Å². The summed E-state index contributed by atoms with van der Waals surface area (Å²) in [6.07, 6.45) is 1.93. The van der Waals surface area contributed by atoms with Crippen LogP contribution in [0.2, 0.25) is 0 Å². The summed E-state index contributed by atoms with van der Waals surface area (Å²) in [5.74, 6) is 0. The van der Waals surface area contributed by atoms with Gasteiger partial charge in [0.2, 0.25) is 0 Å². The Bertz CT molecular complexity index is 112. The maximum atomic E-state index is 5.47. The van der Waals surface area contributed by atoms with Crippen molar-refractivity contribution in [1.82, 2.24) is 0 Å². The molecular formula is C8H13Cl. The zero-order valence-electron chi connectivity index (χ0n) is 6.08. The number of rotatable bonds is 1. The first-order valence-corrected chi connectivity index (χ1v) is 3.04. The minimum Gasteiger partial charge on any atom is -0.106 e. The van der Waals surface area contributed by atoms with Gasteiger partial charge in [-0.3, -0.25) is 0 Å². The van der Waals surface area contributed by atoms with Gasteiger partial charge in [0.15, 0.2) is 0 Å². The Morgan fingerprint density at radius 2 is 1.78 bits per heavy atom. The van der Waals surface area contributed by atoms with Crippen LogP contribution in [0.1, 0.15) is 13.8 Å². The van der Waals surface area contributed by atoms with Gasteiger partial charge in [-0.2, -0.15) is 0 Å². The summed E-state index contributed by atoms with van der Waals surface area (Å²) < 4.78 is 0. The third-order valence-corrected chi connectivity index (χ3v) is 1.16. The molecule has 0 aromatic rings. The van der Waals surface area contributed by atoms with Gasteiger partial charge in [0, 0.05) is 5.03 Å². The van der Waals surface area contributed by atoms with Gasteiger partial charge in [0.1, 0.15) is 0 Å². The SMILES string of the molecule is C=C.C=C(Cl)/C(C)=C\C. The van der Waals surface area contributed by atoms with Gasteiger partial charge in [0.05, 0.1) is 0 Å². The highest BCUT2D eigenvalue weighted by Gasteiger charge is 1.84. The van der Waals surface area contributed by atoms with Crippen molar-refractivity contribution in [3.63, 3.8) is 0 Å². The highest BCUT2D eigenvalue weighted by Crippen LogP contribution is 2.08. The second-order valence-corrected chi connectivity index (χ2v) is 1.83. The molecule has 0 rings (SSSR count). The lowest BCUT2D eigenvalue weighted by Crippen LogP contribution is -1.67. The van der Waals surface area contributed by atoms with E-state index in [4.69, 9.17) is 11.6 Å². The van der Waals surface area contributed by atoms with E-state index in [1.54, 1.807) is 0 Å². The van der Waals surface area contributed by atoms with Crippen LogP contribution in [0.25, 0.3) is 0 Å². The molecule has 0 aliphatic carbocycles. The number of halogens is 1. The average molecular weight is 145 g/mol. The standard InChI is InChI=1S/C6H9Cl.C2H4/c1-4-5(2)6(3)7;1-2/h4H,3H2,1-2H3;1-2H2/b5-4-;. The van der Waals surface area contributed by atoms with E-state index in [0.29, 0.717) is 5.03 Å². The molecule has 0 amide bonds. The Morgan fingerprint density at radius 3 is 1.78 bits per heavy atom. The quantitative estimate of drug-likeness (QED) is 0.390. The largest absolute Gasteiger partial charge is 0.106 e. The van der Waals surface area contributed by atoms with Crippen LogP contribution in [0.4, 0.5) is 0 Å². The smallest absolute Gasteiger partial charge is 0.0360 e. The molecule has 0 aromatic heterocycles. The van der Waals surface area contributed by atoms with Gasteiger partial charge < -0.3 is 0 Å². The first kappa shape index (κ1) is 11.3. The number of hydrogen-bond acceptors (Lipinski definition) is 0. The number of allylic oxidation sites excluding steroid dienone is 3. The molecule has 9 heavy (non-hydrogen) atoms. The lowest BCUT2D eigenvalue weighted by atomic mass is 10.3. The lowest BCUT2D eigenvalue weighted by molar-refractivity contribution is 1.46. The molecule has 0 spiro atoms. The first-order valence-electron chi connectivity index (χ1n) is 2.66. The van der Waals surface area contributed by atoms with E-state index < -0.39 is 0 Å². The summed E-state index contributed by atoms with van der Waals surface area (Å²) in [7, 11) is 0. The van der Waals surface area contributed by atoms with E-state index in [1.807, 2.05) is 19.9 Å². The van der Waals surface area contributed by atoms with Crippen LogP contribution in [0.15, 0.2) is 36.4 Å². The first-order chi connectivity index (χ1) is 4.18. The van der Waals surface area contributed by atoms with Crippen molar-refractivity contribution < 1.29 is 0 Å². The molecule has 0 aliphatic rings. The zero-order chi connectivity index (χ0) is 7.86. The molecule has 0 heterocycles. The van der Waals surface area contributed by atoms with Crippen LogP contribution in [0, 0.1) is 0 Å². The second-order valence-electron chi connectivity index (χ2n) is 1.38. The van der Waals surface area contributed by atoms with Crippen molar-refractivity contribution in [1.29, 1.82) is 0 Å². The molecule has 0 N–H and O–H groups in total. The molecule has 0 saturated heterocycles. The maximum Gasteiger partial charge on any atom is 0.0360 e. The van der Waals surface area contributed by atoms with Crippen LogP contribution in [-0.4, -0.2) is 0 Å². The van der Waals surface area contributed by atoms with E-state index in [0.717, 1.165) is 5.57 Å². The molecule has 0 fully saturated rings. The topological polar surface area (TPSA) is 0 Å². The van der Waals surface area contributed by atoms with E-state index in [1.165, 1.54) is 0 Å². The molecule has 0 aliphatic heterocycles. The molecule has 0 aromatic carbocycles. The summed E-state index contributed by atoms with van der Waals surface area (Å²) in [5, 5.41) is 0.627. The van der Waals surface area contributed by atoms with Crippen LogP contribution in [0.3, 0.4) is 0 Å². The van der Waals surface area contributed by atoms with E-state index >= 15 is 0 Å². The van der Waals surface area contributed by atoms with E-state index in [2.05, 4.69) is 19.7 Å². The fourth-order valence-electron chi connectivity index (χ4n) is 0.157. The molecule has 1 heteroatoms. The van der Waals surface area contributed by atoms with Gasteiger partial charge in [-0.25, -0.2) is 0 Å². The highest BCUT2D eigenvalue weighted by atomic mass is 35.5. The minimum atomic E-state index is 0.627. The molecule has 0 bridgehead atoms. The van der Waals surface area contributed by atoms with E-state index in [9.17, 15) is 0 Å². The summed E-state index contributed by atoms with van der Waals surface area (Å²) in [6, 6.07) is 0. The summed E-state index contributed by atoms with van der Waals surface area (Å²) >= 11 is 5.47. The van der Waals surface area contributed by atoms with E-state index in [-0.39, 0.29) is 0 Å². The zero-order valence-corrected chi connectivity index (χ0v) is 6.83. The molecule has 0 atom stereocenters. The summed E-state index contributed by atoms with van der Waals surface area (Å²) in [6.45, 7) is 13.4. The molecule has 0 unspecified atom stereocenters. The Morgan fingerprint density at radius 1 is 1.44 bits per heavy atom. The van der Waals surface area contributed by atoms with Gasteiger partial charge >= 0.3 is 0 Å². The summed E-state index contributed by atoms with van der Waals surface area (Å²) in [5.41, 5.74) is 1.04. The van der Waals surface area contributed by atoms with Crippen molar-refractivity contribution in [3.05, 3.63) is 36.4 Å². The van der Waals surface area contributed by atoms with Crippen LogP contribution >= 0.6 is 11.6 Å². The van der Waals surface area contributed by atoms with Gasteiger partial charge in [-0.15, -0.1) is 13.2 Å². The minimum absolute atomic E-state index is 0.627. The normalized spacial score (nSPS) is 9.44. The highest BCUT2D eigenvalue weighted by molar-refractivity contribution is 6.31. The Hall–Kier alpha value is -0.490. The predicted octanol–water partition coefficient (Wildman–Crippen LogP) is 3.51. The Labute approximate surface area is 62.5 Å². The van der Waals surface area contributed by atoms with Crippen LogP contribution in [-0.2, 0) is 0 Å². The van der Waals surface area contributed by atoms with Crippen molar-refractivity contribution >= 4 is 11.6 Å². The van der Waals surface area contributed by atoms with Gasteiger partial charge in [-0.05, 0) is 19.4 Å². The molecule has 0 nitrogen and oxygen atoms in total. The maximum absolute atomic E-state index is 5.47. The molecule has 0 radical (unpaired) electrons. The second kappa shape index (κ2) is 7.51. The van der Waals surface area contributed by atoms with Crippen molar-refractivity contribution in [3.8, 4) is 0 Å². The summed E-state index contributed by atoms with van der Waals surface area (Å²) in [4.78, 5) is 0. The lowest BCUT2D eigenvalue weighted by Gasteiger charge is -1.89. The average Bonchev–Trinajstić information content (AvgIpc) is 1.91. The van der Waals surface area contributed by atoms with Crippen LogP contribution in [0.5, 0.6) is 0 Å². The van der Waals surface area contributed by atoms with Crippen molar-refractivity contribution in [2.24, 2.45) is 0 Å². The van der Waals surface area contributed by atoms with Crippen LogP contribution < -0.4 is 0 Å². The number of hydrogen-bond donors (Lipinski definition) is 0. The molecule has 52 valence electrons. The third-order valence-electron chi connectivity index (χ3n) is 0.861. The molecule has 0 saturated carbocycles. The Balaban J connectivity index is 0.